The first-order valence-corrected chi connectivity index (χ1v) is 8.44. The Labute approximate surface area is 134 Å². The summed E-state index contributed by atoms with van der Waals surface area (Å²) in [6, 6.07) is 16.8. The molecule has 1 N–H and O–H groups in total. The van der Waals surface area contributed by atoms with Crippen LogP contribution >= 0.6 is 11.8 Å². The van der Waals surface area contributed by atoms with Crippen molar-refractivity contribution in [2.75, 3.05) is 12.3 Å². The minimum Gasteiger partial charge on any atom is -0.355 e. The Kier molecular flexibility index (Phi) is 4.78. The van der Waals surface area contributed by atoms with Gasteiger partial charge in [0.05, 0.1) is 0 Å². The zero-order valence-corrected chi connectivity index (χ0v) is 13.0. The monoisotopic (exact) mass is 315 g/mol. The fourth-order valence-electron chi connectivity index (χ4n) is 2.60. The summed E-state index contributed by atoms with van der Waals surface area (Å²) in [5, 5.41) is 2.95. The third-order valence-corrected chi connectivity index (χ3v) is 4.86. The molecule has 2 nitrogen and oxygen atoms in total. The largest absolute Gasteiger partial charge is 0.355 e. The lowest BCUT2D eigenvalue weighted by Gasteiger charge is -2.05. The summed E-state index contributed by atoms with van der Waals surface area (Å²) >= 11 is 1.72. The van der Waals surface area contributed by atoms with Gasteiger partial charge in [-0.15, -0.1) is 11.8 Å². The van der Waals surface area contributed by atoms with Crippen molar-refractivity contribution < 1.29 is 9.18 Å². The minimum absolute atomic E-state index is 0.0434. The van der Waals surface area contributed by atoms with Gasteiger partial charge in [-0.05, 0) is 36.1 Å². The summed E-state index contributed by atoms with van der Waals surface area (Å²) in [5.74, 6) is 0.651. The summed E-state index contributed by atoms with van der Waals surface area (Å²) in [6.45, 7) is 0.638. The van der Waals surface area contributed by atoms with Crippen molar-refractivity contribution in [2.24, 2.45) is 5.92 Å². The van der Waals surface area contributed by atoms with Crippen LogP contribution < -0.4 is 5.32 Å². The molecule has 4 heteroatoms. The topological polar surface area (TPSA) is 29.1 Å². The van der Waals surface area contributed by atoms with Gasteiger partial charge in [0.15, 0.2) is 0 Å². The van der Waals surface area contributed by atoms with Crippen LogP contribution in [0.4, 0.5) is 4.39 Å². The van der Waals surface area contributed by atoms with E-state index in [1.54, 1.807) is 23.9 Å². The number of rotatable bonds is 6. The van der Waals surface area contributed by atoms with E-state index >= 15 is 0 Å². The summed E-state index contributed by atoms with van der Waals surface area (Å²) in [5.41, 5.74) is 0.668. The quantitative estimate of drug-likeness (QED) is 0.648. The van der Waals surface area contributed by atoms with Crippen LogP contribution in [0.3, 0.4) is 0 Å². The Balaban J connectivity index is 1.42. The maximum Gasteiger partial charge on any atom is 0.223 e. The van der Waals surface area contributed by atoms with Gasteiger partial charge in [-0.3, -0.25) is 4.79 Å². The molecule has 0 radical (unpaired) electrons. The highest BCUT2D eigenvalue weighted by molar-refractivity contribution is 7.99. The Morgan fingerprint density at radius 2 is 1.86 bits per heavy atom. The molecule has 2 unspecified atom stereocenters. The fraction of sp³-hybridized carbons (Fsp3) is 0.278. The molecule has 1 aliphatic rings. The predicted octanol–water partition coefficient (Wildman–Crippen LogP) is 3.84. The maximum atomic E-state index is 13.7. The van der Waals surface area contributed by atoms with E-state index in [0.717, 1.165) is 12.2 Å². The molecule has 0 heterocycles. The summed E-state index contributed by atoms with van der Waals surface area (Å²) < 4.78 is 13.7. The molecule has 3 rings (SSSR count). The van der Waals surface area contributed by atoms with Crippen molar-refractivity contribution in [3.05, 3.63) is 66.0 Å². The van der Waals surface area contributed by atoms with Gasteiger partial charge >= 0.3 is 0 Å². The molecule has 2 aromatic carbocycles. The van der Waals surface area contributed by atoms with Crippen LogP contribution in [0.15, 0.2) is 59.5 Å². The Morgan fingerprint density at radius 3 is 2.64 bits per heavy atom. The highest BCUT2D eigenvalue weighted by Crippen LogP contribution is 2.48. The first kappa shape index (κ1) is 15.1. The fourth-order valence-corrected chi connectivity index (χ4v) is 3.38. The van der Waals surface area contributed by atoms with E-state index in [2.05, 4.69) is 17.4 Å². The molecule has 2 aromatic rings. The normalized spacial score (nSPS) is 19.7. The molecule has 0 aromatic heterocycles. The number of thioether (sulfide) groups is 1. The van der Waals surface area contributed by atoms with Crippen molar-refractivity contribution in [3.63, 3.8) is 0 Å². The van der Waals surface area contributed by atoms with E-state index in [4.69, 9.17) is 0 Å². The van der Waals surface area contributed by atoms with E-state index in [1.165, 1.54) is 11.0 Å². The Bertz CT molecular complexity index is 647. The number of nitrogens with one attached hydrogen (secondary N) is 1. The zero-order chi connectivity index (χ0) is 15.4. The lowest BCUT2D eigenvalue weighted by atomic mass is 10.1. The van der Waals surface area contributed by atoms with Crippen LogP contribution in [-0.4, -0.2) is 18.2 Å². The molecule has 22 heavy (non-hydrogen) atoms. The second-order valence-electron chi connectivity index (χ2n) is 5.42. The molecule has 0 saturated heterocycles. The van der Waals surface area contributed by atoms with Crippen molar-refractivity contribution in [1.82, 2.24) is 5.32 Å². The van der Waals surface area contributed by atoms with Crippen LogP contribution in [0.2, 0.25) is 0 Å². The molecule has 1 saturated carbocycles. The molecule has 1 aliphatic carbocycles. The van der Waals surface area contributed by atoms with Crippen molar-refractivity contribution in [1.29, 1.82) is 0 Å². The lowest BCUT2D eigenvalue weighted by Crippen LogP contribution is -2.27. The van der Waals surface area contributed by atoms with Crippen LogP contribution in [0.25, 0.3) is 0 Å². The number of hydrogen-bond acceptors (Lipinski definition) is 2. The standard InChI is InChI=1S/C18H18FNOS/c19-17-9-5-4-8-14(17)15-12-16(15)18(21)20-10-11-22-13-6-2-1-3-7-13/h1-9,15-16H,10-12H2,(H,20,21). The van der Waals surface area contributed by atoms with Gasteiger partial charge in [0.25, 0.3) is 0 Å². The minimum atomic E-state index is -0.206. The summed E-state index contributed by atoms with van der Waals surface area (Å²) in [7, 11) is 0. The molecular formula is C18H18FNOS. The molecular weight excluding hydrogens is 297 g/mol. The van der Waals surface area contributed by atoms with Crippen molar-refractivity contribution >= 4 is 17.7 Å². The Hall–Kier alpha value is -1.81. The average molecular weight is 315 g/mol. The second kappa shape index (κ2) is 6.97. The number of benzene rings is 2. The average Bonchev–Trinajstić information content (AvgIpc) is 3.33. The Morgan fingerprint density at radius 1 is 1.14 bits per heavy atom. The van der Waals surface area contributed by atoms with E-state index < -0.39 is 0 Å². The summed E-state index contributed by atoms with van der Waals surface area (Å²) in [6.07, 6.45) is 0.749. The molecule has 0 spiro atoms. The number of halogens is 1. The van der Waals surface area contributed by atoms with Gasteiger partial charge in [0.1, 0.15) is 5.82 Å². The van der Waals surface area contributed by atoms with Crippen LogP contribution in [0, 0.1) is 11.7 Å². The van der Waals surface area contributed by atoms with Crippen molar-refractivity contribution in [3.8, 4) is 0 Å². The van der Waals surface area contributed by atoms with E-state index in [-0.39, 0.29) is 23.6 Å². The number of hydrogen-bond donors (Lipinski definition) is 1. The van der Waals surface area contributed by atoms with Gasteiger partial charge in [-0.25, -0.2) is 4.39 Å². The van der Waals surface area contributed by atoms with E-state index in [0.29, 0.717) is 12.1 Å². The first-order valence-electron chi connectivity index (χ1n) is 7.45. The van der Waals surface area contributed by atoms with Crippen LogP contribution in [-0.2, 0) is 4.79 Å². The van der Waals surface area contributed by atoms with Gasteiger partial charge in [-0.1, -0.05) is 36.4 Å². The van der Waals surface area contributed by atoms with Crippen LogP contribution in [0.5, 0.6) is 0 Å². The van der Waals surface area contributed by atoms with E-state index in [1.807, 2.05) is 24.3 Å². The SMILES string of the molecule is O=C(NCCSc1ccccc1)C1CC1c1ccccc1F. The highest BCUT2D eigenvalue weighted by atomic mass is 32.2. The second-order valence-corrected chi connectivity index (χ2v) is 6.59. The summed E-state index contributed by atoms with van der Waals surface area (Å²) in [4.78, 5) is 13.3. The van der Waals surface area contributed by atoms with Crippen LogP contribution in [0.1, 0.15) is 17.9 Å². The predicted molar refractivity (Wildman–Crippen MR) is 87.4 cm³/mol. The highest BCUT2D eigenvalue weighted by Gasteiger charge is 2.44. The third kappa shape index (κ3) is 3.69. The first-order chi connectivity index (χ1) is 10.8. The van der Waals surface area contributed by atoms with Gasteiger partial charge in [-0.2, -0.15) is 0 Å². The van der Waals surface area contributed by atoms with Gasteiger partial charge in [0.2, 0.25) is 5.91 Å². The molecule has 1 fully saturated rings. The zero-order valence-electron chi connectivity index (χ0n) is 12.2. The molecule has 2 atom stereocenters. The molecule has 1 amide bonds. The maximum absolute atomic E-state index is 13.7. The number of carbonyl (C=O) groups excluding carboxylic acids is 1. The van der Waals surface area contributed by atoms with Gasteiger partial charge in [0, 0.05) is 23.1 Å². The molecule has 0 bridgehead atoms. The molecule has 0 aliphatic heterocycles. The smallest absolute Gasteiger partial charge is 0.223 e. The van der Waals surface area contributed by atoms with E-state index in [9.17, 15) is 9.18 Å². The van der Waals surface area contributed by atoms with Gasteiger partial charge < -0.3 is 5.32 Å². The van der Waals surface area contributed by atoms with Crippen molar-refractivity contribution in [2.45, 2.75) is 17.2 Å². The number of amides is 1. The third-order valence-electron chi connectivity index (χ3n) is 3.85. The molecule has 114 valence electrons. The lowest BCUT2D eigenvalue weighted by molar-refractivity contribution is -0.122. The number of carbonyl (C=O) groups is 1.